The molecular weight excluding hydrogens is 200 g/mol. The number of aliphatic carboxylic acids is 1. The second kappa shape index (κ2) is 6.23. The first kappa shape index (κ1) is 13.7. The zero-order valence-corrected chi connectivity index (χ0v) is 9.23. The highest BCUT2D eigenvalue weighted by Gasteiger charge is 2.16. The molecule has 88 valence electrons. The topological polar surface area (TPSA) is 89.9 Å². The molecule has 2 amide bonds. The molecule has 15 heavy (non-hydrogen) atoms. The van der Waals surface area contributed by atoms with E-state index in [1.54, 1.807) is 14.0 Å². The van der Waals surface area contributed by atoms with E-state index in [4.69, 9.17) is 10.2 Å². The zero-order chi connectivity index (χ0) is 12.0. The van der Waals surface area contributed by atoms with Gasteiger partial charge in [-0.1, -0.05) is 0 Å². The van der Waals surface area contributed by atoms with E-state index in [2.05, 4.69) is 5.32 Å². The van der Waals surface area contributed by atoms with E-state index in [1.165, 1.54) is 11.8 Å². The Morgan fingerprint density at radius 1 is 1.40 bits per heavy atom. The maximum atomic E-state index is 11.3. The molecule has 0 saturated carbocycles. The normalized spacial score (nSPS) is 14.1. The summed E-state index contributed by atoms with van der Waals surface area (Å²) in [7, 11) is 1.55. The first-order chi connectivity index (χ1) is 6.84. The lowest BCUT2D eigenvalue weighted by atomic mass is 10.3. The molecule has 0 saturated heterocycles. The number of carboxylic acids is 1. The predicted octanol–water partition coefficient (Wildman–Crippen LogP) is -0.128. The van der Waals surface area contributed by atoms with Crippen molar-refractivity contribution in [3.8, 4) is 0 Å². The molecule has 0 aromatic rings. The number of nitrogens with zero attached hydrogens (tertiary/aromatic N) is 1. The number of aliphatic hydroxyl groups excluding tert-OH is 1. The fourth-order valence-electron chi connectivity index (χ4n) is 0.839. The van der Waals surface area contributed by atoms with Crippen LogP contribution in [0.15, 0.2) is 0 Å². The lowest BCUT2D eigenvalue weighted by Crippen LogP contribution is -2.45. The van der Waals surface area contributed by atoms with Gasteiger partial charge < -0.3 is 20.4 Å². The van der Waals surface area contributed by atoms with Crippen LogP contribution in [-0.4, -0.2) is 52.9 Å². The predicted molar refractivity (Wildman–Crippen MR) is 54.6 cm³/mol. The van der Waals surface area contributed by atoms with Crippen LogP contribution in [0.3, 0.4) is 0 Å². The van der Waals surface area contributed by atoms with Crippen molar-refractivity contribution >= 4 is 12.0 Å². The Kier molecular flexibility index (Phi) is 5.69. The molecule has 0 aliphatic carbocycles. The zero-order valence-electron chi connectivity index (χ0n) is 9.23. The SMILES string of the molecule is CC(O)CCN(C)C(=O)N[C@@H](C)C(=O)O. The van der Waals surface area contributed by atoms with Gasteiger partial charge in [0.2, 0.25) is 0 Å². The number of hydrogen-bond donors (Lipinski definition) is 3. The minimum atomic E-state index is -1.08. The number of carbonyl (C=O) groups excluding carboxylic acids is 1. The summed E-state index contributed by atoms with van der Waals surface area (Å²) in [6.07, 6.45) is -0.0112. The van der Waals surface area contributed by atoms with E-state index >= 15 is 0 Å². The van der Waals surface area contributed by atoms with E-state index in [9.17, 15) is 9.59 Å². The molecule has 1 unspecified atom stereocenters. The van der Waals surface area contributed by atoms with Gasteiger partial charge in [0.15, 0.2) is 0 Å². The van der Waals surface area contributed by atoms with Gasteiger partial charge in [-0.25, -0.2) is 4.79 Å². The lowest BCUT2D eigenvalue weighted by molar-refractivity contribution is -0.138. The smallest absolute Gasteiger partial charge is 0.325 e. The van der Waals surface area contributed by atoms with E-state index in [-0.39, 0.29) is 0 Å². The van der Waals surface area contributed by atoms with Gasteiger partial charge in [0.25, 0.3) is 0 Å². The van der Waals surface area contributed by atoms with Crippen molar-refractivity contribution < 1.29 is 19.8 Å². The highest BCUT2D eigenvalue weighted by Crippen LogP contribution is 1.94. The molecule has 0 spiro atoms. The van der Waals surface area contributed by atoms with Crippen molar-refractivity contribution in [2.45, 2.75) is 32.4 Å². The van der Waals surface area contributed by atoms with Crippen LogP contribution in [-0.2, 0) is 4.79 Å². The van der Waals surface area contributed by atoms with Crippen LogP contribution in [0.25, 0.3) is 0 Å². The molecule has 0 aliphatic heterocycles. The molecule has 0 aromatic carbocycles. The molecule has 0 heterocycles. The summed E-state index contributed by atoms with van der Waals surface area (Å²) in [6.45, 7) is 3.41. The molecule has 3 N–H and O–H groups in total. The second-order valence-corrected chi connectivity index (χ2v) is 3.57. The van der Waals surface area contributed by atoms with E-state index in [0.717, 1.165) is 0 Å². The Hall–Kier alpha value is -1.30. The molecule has 0 aromatic heterocycles. The molecule has 2 atom stereocenters. The Balaban J connectivity index is 3.94. The van der Waals surface area contributed by atoms with Gasteiger partial charge in [-0.3, -0.25) is 4.79 Å². The summed E-state index contributed by atoms with van der Waals surface area (Å²) < 4.78 is 0. The third-order valence-electron chi connectivity index (χ3n) is 1.94. The summed E-state index contributed by atoms with van der Waals surface area (Å²) in [4.78, 5) is 23.1. The molecule has 0 bridgehead atoms. The van der Waals surface area contributed by atoms with Crippen LogP contribution >= 0.6 is 0 Å². The van der Waals surface area contributed by atoms with Crippen molar-refractivity contribution in [3.63, 3.8) is 0 Å². The fourth-order valence-corrected chi connectivity index (χ4v) is 0.839. The van der Waals surface area contributed by atoms with Crippen LogP contribution in [0, 0.1) is 0 Å². The molecule has 6 nitrogen and oxygen atoms in total. The van der Waals surface area contributed by atoms with Crippen LogP contribution in [0.1, 0.15) is 20.3 Å². The van der Waals surface area contributed by atoms with Crippen molar-refractivity contribution in [2.24, 2.45) is 0 Å². The van der Waals surface area contributed by atoms with Gasteiger partial charge in [0, 0.05) is 13.6 Å². The maximum Gasteiger partial charge on any atom is 0.325 e. The van der Waals surface area contributed by atoms with Crippen LogP contribution in [0.4, 0.5) is 4.79 Å². The minimum absolute atomic E-state index is 0.385. The van der Waals surface area contributed by atoms with Gasteiger partial charge in [0.1, 0.15) is 6.04 Å². The highest BCUT2D eigenvalue weighted by atomic mass is 16.4. The number of aliphatic hydroxyl groups is 1. The Morgan fingerprint density at radius 2 is 1.93 bits per heavy atom. The minimum Gasteiger partial charge on any atom is -0.480 e. The Bertz CT molecular complexity index is 230. The van der Waals surface area contributed by atoms with Gasteiger partial charge in [-0.15, -0.1) is 0 Å². The summed E-state index contributed by atoms with van der Waals surface area (Å²) >= 11 is 0. The summed E-state index contributed by atoms with van der Waals surface area (Å²) in [6, 6.07) is -1.36. The Labute approximate surface area is 88.9 Å². The highest BCUT2D eigenvalue weighted by molar-refractivity contribution is 5.82. The molecule has 0 rings (SSSR count). The maximum absolute atomic E-state index is 11.3. The number of amides is 2. The molecule has 6 heteroatoms. The van der Waals surface area contributed by atoms with Crippen molar-refractivity contribution in [1.29, 1.82) is 0 Å². The number of hydrogen-bond acceptors (Lipinski definition) is 3. The molecule has 0 radical (unpaired) electrons. The van der Waals surface area contributed by atoms with E-state index < -0.39 is 24.1 Å². The number of rotatable bonds is 5. The quantitative estimate of drug-likeness (QED) is 0.599. The van der Waals surface area contributed by atoms with Gasteiger partial charge in [-0.05, 0) is 20.3 Å². The number of nitrogens with one attached hydrogen (secondary N) is 1. The van der Waals surface area contributed by atoms with Crippen LogP contribution in [0.2, 0.25) is 0 Å². The molecule has 0 aliphatic rings. The van der Waals surface area contributed by atoms with Crippen molar-refractivity contribution in [3.05, 3.63) is 0 Å². The van der Waals surface area contributed by atoms with Crippen LogP contribution < -0.4 is 5.32 Å². The van der Waals surface area contributed by atoms with E-state index in [1.807, 2.05) is 0 Å². The van der Waals surface area contributed by atoms with Crippen LogP contribution in [0.5, 0.6) is 0 Å². The third-order valence-corrected chi connectivity index (χ3v) is 1.94. The summed E-state index contributed by atoms with van der Waals surface area (Å²) in [5.74, 6) is -1.08. The molecule has 0 fully saturated rings. The summed E-state index contributed by atoms with van der Waals surface area (Å²) in [5, 5.41) is 19.9. The standard InChI is InChI=1S/C9H18N2O4/c1-6(12)4-5-11(3)9(15)10-7(2)8(13)14/h6-7,12H,4-5H2,1-3H3,(H,10,15)(H,13,14)/t6?,7-/m0/s1. The summed E-state index contributed by atoms with van der Waals surface area (Å²) in [5.41, 5.74) is 0. The van der Waals surface area contributed by atoms with Gasteiger partial charge >= 0.3 is 12.0 Å². The largest absolute Gasteiger partial charge is 0.480 e. The average Bonchev–Trinajstić information content (AvgIpc) is 2.13. The monoisotopic (exact) mass is 218 g/mol. The van der Waals surface area contributed by atoms with E-state index in [0.29, 0.717) is 13.0 Å². The average molecular weight is 218 g/mol. The first-order valence-electron chi connectivity index (χ1n) is 4.77. The van der Waals surface area contributed by atoms with Crippen molar-refractivity contribution in [2.75, 3.05) is 13.6 Å². The number of urea groups is 1. The first-order valence-corrected chi connectivity index (χ1v) is 4.77. The lowest BCUT2D eigenvalue weighted by Gasteiger charge is -2.20. The second-order valence-electron chi connectivity index (χ2n) is 3.57. The van der Waals surface area contributed by atoms with Gasteiger partial charge in [0.05, 0.1) is 6.10 Å². The third kappa shape index (κ3) is 5.90. The van der Waals surface area contributed by atoms with Crippen molar-refractivity contribution in [1.82, 2.24) is 10.2 Å². The Morgan fingerprint density at radius 3 is 2.33 bits per heavy atom. The van der Waals surface area contributed by atoms with Gasteiger partial charge in [-0.2, -0.15) is 0 Å². The number of carboxylic acid groups (broad SMARTS) is 1. The molecular formula is C9H18N2O4. The number of carbonyl (C=O) groups is 2. The fraction of sp³-hybridized carbons (Fsp3) is 0.778.